The van der Waals surface area contributed by atoms with Gasteiger partial charge in [-0.1, -0.05) is 54.6 Å². The SMILES string of the molecule is CCOc1cc([C@H](CS(C)(=O)=O)n2c(=O)[nH]c3cc(-c4ccc(COc5cc([C@H](CS(C)(=O)=O)n6c(=O)[nH]c7cc(-c8ccc(CCOc9cc([C@H](CS(C)(=O)=O)n%10c(=O)n(C%11CC%11)c%11cc(Br)cnc%11%10)ccc9OC)cc8)cnc76)ccc5OC)c(F)c4)cnc32)ccc1OC. The minimum atomic E-state index is -3.78. The highest BCUT2D eigenvalue weighted by Crippen LogP contribution is 2.40. The Morgan fingerprint density at radius 1 is 0.536 bits per heavy atom. The van der Waals surface area contributed by atoms with E-state index in [1.54, 1.807) is 90.6 Å². The second-order valence-corrected chi connectivity index (χ2v) is 31.4. The van der Waals surface area contributed by atoms with Crippen LogP contribution in [0.1, 0.15) is 71.8 Å². The average Bonchev–Trinajstić information content (AvgIpc) is 1.60. The van der Waals surface area contributed by atoms with Crippen molar-refractivity contribution in [1.82, 2.24) is 43.2 Å². The maximum absolute atomic E-state index is 16.2. The van der Waals surface area contributed by atoms with Crippen molar-refractivity contribution in [2.24, 2.45) is 0 Å². The largest absolute Gasteiger partial charge is 0.493 e. The molecule has 1 fully saturated rings. The van der Waals surface area contributed by atoms with Crippen LogP contribution in [0.15, 0.2) is 153 Å². The first-order chi connectivity index (χ1) is 46.3. The van der Waals surface area contributed by atoms with Crippen molar-refractivity contribution in [2.45, 2.75) is 57.0 Å². The van der Waals surface area contributed by atoms with Crippen LogP contribution in [-0.2, 0) is 42.5 Å². The number of methoxy groups -OCH3 is 3. The first kappa shape index (κ1) is 67.4. The predicted molar refractivity (Wildman–Crippen MR) is 369 cm³/mol. The Labute approximate surface area is 564 Å². The first-order valence-electron chi connectivity index (χ1n) is 30.6. The summed E-state index contributed by atoms with van der Waals surface area (Å²) in [6, 6.07) is 29.0. The van der Waals surface area contributed by atoms with Crippen molar-refractivity contribution in [3.63, 3.8) is 0 Å². The second kappa shape index (κ2) is 27.1. The van der Waals surface area contributed by atoms with E-state index in [1.165, 1.54) is 59.4 Å². The van der Waals surface area contributed by atoms with E-state index in [9.17, 15) is 39.6 Å². The fourth-order valence-corrected chi connectivity index (χ4v) is 15.2. The maximum Gasteiger partial charge on any atom is 0.331 e. The number of sulfone groups is 3. The topological polar surface area (TPSA) is 299 Å². The van der Waals surface area contributed by atoms with Crippen LogP contribution in [0.5, 0.6) is 34.5 Å². The molecule has 506 valence electrons. The Morgan fingerprint density at radius 3 is 1.47 bits per heavy atom. The number of rotatable bonds is 27. The van der Waals surface area contributed by atoms with Gasteiger partial charge in [0, 0.05) is 71.0 Å². The lowest BCUT2D eigenvalue weighted by Gasteiger charge is -2.20. The van der Waals surface area contributed by atoms with E-state index in [0.29, 0.717) is 90.6 Å². The van der Waals surface area contributed by atoms with Gasteiger partial charge in [0.15, 0.2) is 51.4 Å². The number of hydrogen-bond acceptors (Lipinski definition) is 18. The third kappa shape index (κ3) is 14.6. The monoisotopic (exact) mass is 1440 g/mol. The van der Waals surface area contributed by atoms with E-state index >= 15 is 4.39 Å². The maximum atomic E-state index is 16.2. The Morgan fingerprint density at radius 2 is 1.00 bits per heavy atom. The second-order valence-electron chi connectivity index (χ2n) is 23.9. The van der Waals surface area contributed by atoms with Crippen molar-refractivity contribution < 1.29 is 58.1 Å². The van der Waals surface area contributed by atoms with Gasteiger partial charge < -0.3 is 38.4 Å². The molecule has 6 aromatic heterocycles. The normalized spacial score (nSPS) is 13.8. The first-order valence-corrected chi connectivity index (χ1v) is 37.6. The summed E-state index contributed by atoms with van der Waals surface area (Å²) >= 11 is 3.47. The summed E-state index contributed by atoms with van der Waals surface area (Å²) in [7, 11) is -6.67. The van der Waals surface area contributed by atoms with Gasteiger partial charge >= 0.3 is 17.1 Å². The number of nitrogens with one attached hydrogen (secondary N) is 2. The van der Waals surface area contributed by atoms with Crippen LogP contribution < -0.4 is 45.5 Å². The van der Waals surface area contributed by atoms with E-state index in [1.807, 2.05) is 30.3 Å². The fraction of sp³-hybridized carbons (Fsp3) is 0.294. The van der Waals surface area contributed by atoms with Gasteiger partial charge in [-0.05, 0) is 130 Å². The Balaban J connectivity index is 0.744. The van der Waals surface area contributed by atoms with Crippen LogP contribution in [0, 0.1) is 5.82 Å². The molecule has 0 radical (unpaired) electrons. The molecule has 6 heterocycles. The van der Waals surface area contributed by atoms with Crippen molar-refractivity contribution >= 4 is 78.9 Å². The molecule has 1 aliphatic carbocycles. The Kier molecular flexibility index (Phi) is 18.9. The number of fused-ring (bicyclic) bond motifs is 3. The molecule has 0 aliphatic heterocycles. The molecule has 0 bridgehead atoms. The van der Waals surface area contributed by atoms with Crippen LogP contribution in [-0.4, -0.2) is 139 Å². The van der Waals surface area contributed by atoms with Crippen molar-refractivity contribution in [3.05, 3.63) is 203 Å². The summed E-state index contributed by atoms with van der Waals surface area (Å²) in [5.41, 5.74) is 4.99. The molecule has 5 aromatic carbocycles. The molecule has 29 heteroatoms. The number of imidazole rings is 3. The number of benzene rings is 5. The third-order valence-corrected chi connectivity index (χ3v) is 20.0. The van der Waals surface area contributed by atoms with Crippen LogP contribution in [0.3, 0.4) is 0 Å². The molecule has 1 aliphatic rings. The third-order valence-electron chi connectivity index (χ3n) is 16.8. The Hall–Kier alpha value is -9.58. The molecule has 0 amide bonds. The minimum Gasteiger partial charge on any atom is -0.493 e. The van der Waals surface area contributed by atoms with Crippen LogP contribution >= 0.6 is 15.9 Å². The van der Waals surface area contributed by atoms with E-state index in [0.717, 1.165) is 42.7 Å². The zero-order valence-corrected chi connectivity index (χ0v) is 57.6. The summed E-state index contributed by atoms with van der Waals surface area (Å²) in [5, 5.41) is 0. The molecular formula is C68H67BrFN9O15S3. The van der Waals surface area contributed by atoms with Gasteiger partial charge in [-0.2, -0.15) is 0 Å². The molecule has 0 spiro atoms. The number of halogens is 2. The lowest BCUT2D eigenvalue weighted by atomic mass is 10.0. The predicted octanol–water partition coefficient (Wildman–Crippen LogP) is 9.37. The number of aromatic amines is 2. The molecule has 3 atom stereocenters. The number of nitrogens with zero attached hydrogens (tertiary/aromatic N) is 7. The van der Waals surface area contributed by atoms with E-state index < -0.39 is 76.3 Å². The number of H-pyrrole nitrogens is 2. The smallest absolute Gasteiger partial charge is 0.331 e. The highest BCUT2D eigenvalue weighted by atomic mass is 79.9. The summed E-state index contributed by atoms with van der Waals surface area (Å²) in [6.45, 7) is 1.99. The van der Waals surface area contributed by atoms with Gasteiger partial charge in [0.2, 0.25) is 0 Å². The number of hydrogen-bond donors (Lipinski definition) is 2. The molecule has 11 aromatic rings. The highest BCUT2D eigenvalue weighted by Gasteiger charge is 2.34. The standard InChI is InChI=1S/C68H67BrFN9O15S3/c1-8-92-60-28-42(15-20-57(60)89-2)54(36-95(5,83)84)77-64-52(75-67(77)81)27-47(33-72-64)41-13-14-45(50(70)25-41)35-94-62-30-43(16-22-59(62)91-4)55(37-96(6,85)86)78-63-51(74-66(78)80)26-46(32-71-63)40-11-9-39(10-12-40)23-24-93-61-29-44(17-21-58(61)90-3)56(38-97(7,87)88)79-65-53(31-48(69)34-73-65)76(68(79)82)49-18-19-49/h9-17,20-22,25-34,49,54-56H,8,18-19,23-24,35-38H2,1-7H3,(H,74,80)(H,75,81)/t54-,55-,56-/m0/s1. The Bertz CT molecular complexity index is 5420. The summed E-state index contributed by atoms with van der Waals surface area (Å²) in [6.07, 6.45) is 10.0. The molecule has 12 rings (SSSR count). The zero-order chi connectivity index (χ0) is 68.8. The highest BCUT2D eigenvalue weighted by molar-refractivity contribution is 9.10. The van der Waals surface area contributed by atoms with Gasteiger partial charge in [0.1, 0.15) is 41.9 Å². The van der Waals surface area contributed by atoms with Gasteiger partial charge in [-0.3, -0.25) is 18.3 Å². The van der Waals surface area contributed by atoms with Crippen molar-refractivity contribution in [2.75, 3.05) is 70.6 Å². The summed E-state index contributed by atoms with van der Waals surface area (Å²) in [4.78, 5) is 61.4. The number of pyridine rings is 3. The van der Waals surface area contributed by atoms with Gasteiger partial charge in [0.25, 0.3) is 0 Å². The lowest BCUT2D eigenvalue weighted by Crippen LogP contribution is -2.31. The van der Waals surface area contributed by atoms with Gasteiger partial charge in [0.05, 0.1) is 86.5 Å². The van der Waals surface area contributed by atoms with E-state index in [4.69, 9.17) is 33.4 Å². The number of aromatic nitrogens is 9. The molecule has 1 saturated carbocycles. The van der Waals surface area contributed by atoms with Gasteiger partial charge in [-0.15, -0.1) is 0 Å². The fourth-order valence-electron chi connectivity index (χ4n) is 12.1. The number of ether oxygens (including phenoxy) is 6. The van der Waals surface area contributed by atoms with Gasteiger partial charge in [-0.25, -0.2) is 59.0 Å². The van der Waals surface area contributed by atoms with Crippen LogP contribution in [0.4, 0.5) is 4.39 Å². The minimum absolute atomic E-state index is 0.00237. The van der Waals surface area contributed by atoms with E-state index in [-0.39, 0.29) is 64.6 Å². The molecule has 2 N–H and O–H groups in total. The molecule has 24 nitrogen and oxygen atoms in total. The van der Waals surface area contributed by atoms with E-state index in [2.05, 4.69) is 35.9 Å². The summed E-state index contributed by atoms with van der Waals surface area (Å²) in [5.74, 6) is -0.0359. The summed E-state index contributed by atoms with van der Waals surface area (Å²) < 4.78 is 136. The molecule has 0 unspecified atom stereocenters. The van der Waals surface area contributed by atoms with Crippen LogP contribution in [0.2, 0.25) is 0 Å². The van der Waals surface area contributed by atoms with Crippen molar-refractivity contribution in [3.8, 4) is 56.8 Å². The van der Waals surface area contributed by atoms with Crippen LogP contribution in [0.25, 0.3) is 55.7 Å². The molecule has 97 heavy (non-hydrogen) atoms. The molecule has 0 saturated heterocycles. The lowest BCUT2D eigenvalue weighted by molar-refractivity contribution is 0.279. The zero-order valence-electron chi connectivity index (χ0n) is 53.6. The average molecular weight is 1450 g/mol. The molecular weight excluding hydrogens is 1380 g/mol. The quantitative estimate of drug-likeness (QED) is 0.0484. The van der Waals surface area contributed by atoms with Crippen molar-refractivity contribution in [1.29, 1.82) is 0 Å².